The van der Waals surface area contributed by atoms with Crippen molar-refractivity contribution in [3.8, 4) is 5.69 Å². The summed E-state index contributed by atoms with van der Waals surface area (Å²) in [6.45, 7) is 7.75. The van der Waals surface area contributed by atoms with Gasteiger partial charge in [0.05, 0.1) is 17.3 Å². The SMILES string of the molecule is CC[C@H](C(=O)OCC(=O)Nc1cc(C(C)(C)C)nn1-c1ccccc1)c1ccccc1. The molecular formula is C25H29N3O3. The number of ether oxygens (including phenoxy) is 1. The molecular weight excluding hydrogens is 390 g/mol. The molecule has 1 atom stereocenters. The molecule has 0 aliphatic carbocycles. The summed E-state index contributed by atoms with van der Waals surface area (Å²) in [4.78, 5) is 25.1. The van der Waals surface area contributed by atoms with Gasteiger partial charge in [0.15, 0.2) is 6.61 Å². The third-order valence-corrected chi connectivity index (χ3v) is 4.99. The zero-order valence-electron chi connectivity index (χ0n) is 18.5. The molecule has 0 saturated heterocycles. The van der Waals surface area contributed by atoms with Gasteiger partial charge in [-0.15, -0.1) is 0 Å². The van der Waals surface area contributed by atoms with Crippen molar-refractivity contribution in [2.24, 2.45) is 0 Å². The molecule has 1 N–H and O–H groups in total. The van der Waals surface area contributed by atoms with Crippen molar-refractivity contribution >= 4 is 17.7 Å². The van der Waals surface area contributed by atoms with E-state index in [2.05, 4.69) is 31.2 Å². The van der Waals surface area contributed by atoms with Crippen LogP contribution in [0.5, 0.6) is 0 Å². The molecule has 0 saturated carbocycles. The molecule has 0 bridgehead atoms. The Labute approximate surface area is 183 Å². The summed E-state index contributed by atoms with van der Waals surface area (Å²) >= 11 is 0. The summed E-state index contributed by atoms with van der Waals surface area (Å²) in [7, 11) is 0. The van der Waals surface area contributed by atoms with Gasteiger partial charge in [-0.3, -0.25) is 9.59 Å². The van der Waals surface area contributed by atoms with Gasteiger partial charge in [-0.05, 0) is 24.1 Å². The maximum Gasteiger partial charge on any atom is 0.313 e. The number of nitrogens with zero attached hydrogens (tertiary/aromatic N) is 2. The van der Waals surface area contributed by atoms with Gasteiger partial charge >= 0.3 is 5.97 Å². The summed E-state index contributed by atoms with van der Waals surface area (Å²) in [5, 5.41) is 7.51. The third kappa shape index (κ3) is 5.60. The highest BCUT2D eigenvalue weighted by molar-refractivity contribution is 5.93. The standard InChI is InChI=1S/C25H29N3O3/c1-5-20(18-12-8-6-9-13-18)24(30)31-17-23(29)26-22-16-21(25(2,3)4)27-28(22)19-14-10-7-11-15-19/h6-16,20H,5,17H2,1-4H3,(H,26,29)/t20-/m0/s1. The van der Waals surface area contributed by atoms with Gasteiger partial charge in [-0.25, -0.2) is 4.68 Å². The second-order valence-corrected chi connectivity index (χ2v) is 8.44. The normalized spacial score (nSPS) is 12.3. The molecule has 0 radical (unpaired) electrons. The van der Waals surface area contributed by atoms with E-state index < -0.39 is 17.8 Å². The molecule has 1 heterocycles. The fraction of sp³-hybridized carbons (Fsp3) is 0.320. The number of nitrogens with one attached hydrogen (secondary N) is 1. The minimum absolute atomic E-state index is 0.185. The number of benzene rings is 2. The number of amides is 1. The van der Waals surface area contributed by atoms with Gasteiger partial charge in [0.1, 0.15) is 5.82 Å². The van der Waals surface area contributed by atoms with E-state index in [1.807, 2.05) is 73.7 Å². The topological polar surface area (TPSA) is 73.2 Å². The Morgan fingerprint density at radius 2 is 1.65 bits per heavy atom. The summed E-state index contributed by atoms with van der Waals surface area (Å²) in [6, 6.07) is 20.9. The molecule has 0 spiro atoms. The van der Waals surface area contributed by atoms with Gasteiger partial charge in [-0.2, -0.15) is 5.10 Å². The average Bonchev–Trinajstić information content (AvgIpc) is 3.18. The fourth-order valence-electron chi connectivity index (χ4n) is 3.24. The number of rotatable bonds is 7. The van der Waals surface area contributed by atoms with E-state index in [-0.39, 0.29) is 12.0 Å². The number of carbonyl (C=O) groups is 2. The van der Waals surface area contributed by atoms with Crippen LogP contribution in [0.15, 0.2) is 66.7 Å². The van der Waals surface area contributed by atoms with Crippen LogP contribution in [-0.2, 0) is 19.7 Å². The predicted molar refractivity (Wildman–Crippen MR) is 121 cm³/mol. The average molecular weight is 420 g/mol. The summed E-state index contributed by atoms with van der Waals surface area (Å²) in [6.07, 6.45) is 0.597. The summed E-state index contributed by atoms with van der Waals surface area (Å²) < 4.78 is 7.02. The summed E-state index contributed by atoms with van der Waals surface area (Å²) in [5.74, 6) is -0.673. The van der Waals surface area contributed by atoms with Crippen LogP contribution in [-0.4, -0.2) is 28.3 Å². The zero-order chi connectivity index (χ0) is 22.4. The number of aromatic nitrogens is 2. The Balaban J connectivity index is 1.71. The Hall–Kier alpha value is -3.41. The van der Waals surface area contributed by atoms with E-state index >= 15 is 0 Å². The number of carbonyl (C=O) groups excluding carboxylic acids is 2. The lowest BCUT2D eigenvalue weighted by atomic mass is 9.92. The number of para-hydroxylation sites is 1. The first-order chi connectivity index (χ1) is 14.8. The van der Waals surface area contributed by atoms with Crippen LogP contribution in [0.1, 0.15) is 51.3 Å². The van der Waals surface area contributed by atoms with Crippen molar-refractivity contribution in [1.82, 2.24) is 9.78 Å². The van der Waals surface area contributed by atoms with Crippen molar-refractivity contribution in [2.75, 3.05) is 11.9 Å². The Morgan fingerprint density at radius 1 is 1.03 bits per heavy atom. The smallest absolute Gasteiger partial charge is 0.313 e. The number of hydrogen-bond donors (Lipinski definition) is 1. The molecule has 1 amide bonds. The van der Waals surface area contributed by atoms with Crippen LogP contribution in [0.2, 0.25) is 0 Å². The Kier molecular flexibility index (Phi) is 6.90. The largest absolute Gasteiger partial charge is 0.455 e. The molecule has 3 rings (SSSR count). The lowest BCUT2D eigenvalue weighted by molar-refractivity contribution is -0.149. The van der Waals surface area contributed by atoms with Crippen molar-refractivity contribution < 1.29 is 14.3 Å². The third-order valence-electron chi connectivity index (χ3n) is 4.99. The summed E-state index contributed by atoms with van der Waals surface area (Å²) in [5.41, 5.74) is 2.38. The van der Waals surface area contributed by atoms with Crippen molar-refractivity contribution in [2.45, 2.75) is 45.4 Å². The second-order valence-electron chi connectivity index (χ2n) is 8.44. The van der Waals surface area contributed by atoms with Gasteiger partial charge in [0.25, 0.3) is 5.91 Å². The Morgan fingerprint density at radius 3 is 2.23 bits per heavy atom. The molecule has 0 unspecified atom stereocenters. The highest BCUT2D eigenvalue weighted by Crippen LogP contribution is 2.26. The van der Waals surface area contributed by atoms with Crippen LogP contribution in [0, 0.1) is 0 Å². The van der Waals surface area contributed by atoms with E-state index in [4.69, 9.17) is 4.74 Å². The van der Waals surface area contributed by atoms with E-state index in [9.17, 15) is 9.59 Å². The highest BCUT2D eigenvalue weighted by Gasteiger charge is 2.23. The van der Waals surface area contributed by atoms with E-state index in [1.54, 1.807) is 4.68 Å². The Bertz CT molecular complexity index is 1020. The second kappa shape index (κ2) is 9.60. The van der Waals surface area contributed by atoms with Gasteiger partial charge in [0, 0.05) is 11.5 Å². The van der Waals surface area contributed by atoms with E-state index in [0.717, 1.165) is 16.9 Å². The van der Waals surface area contributed by atoms with Gasteiger partial charge < -0.3 is 10.1 Å². The quantitative estimate of drug-likeness (QED) is 0.556. The monoisotopic (exact) mass is 419 g/mol. The van der Waals surface area contributed by atoms with Gasteiger partial charge in [-0.1, -0.05) is 76.2 Å². The molecule has 162 valence electrons. The molecule has 6 heteroatoms. The van der Waals surface area contributed by atoms with E-state index in [0.29, 0.717) is 12.2 Å². The molecule has 0 aliphatic heterocycles. The highest BCUT2D eigenvalue weighted by atomic mass is 16.5. The molecule has 6 nitrogen and oxygen atoms in total. The van der Waals surface area contributed by atoms with Gasteiger partial charge in [0.2, 0.25) is 0 Å². The maximum atomic E-state index is 12.6. The molecule has 0 fully saturated rings. The molecule has 31 heavy (non-hydrogen) atoms. The first-order valence-electron chi connectivity index (χ1n) is 10.5. The molecule has 2 aromatic carbocycles. The van der Waals surface area contributed by atoms with Crippen LogP contribution < -0.4 is 5.32 Å². The molecule has 0 aliphatic rings. The fourth-order valence-corrected chi connectivity index (χ4v) is 3.24. The first-order valence-corrected chi connectivity index (χ1v) is 10.5. The lowest BCUT2D eigenvalue weighted by Crippen LogP contribution is -2.24. The van der Waals surface area contributed by atoms with E-state index in [1.165, 1.54) is 0 Å². The van der Waals surface area contributed by atoms with Crippen LogP contribution in [0.3, 0.4) is 0 Å². The minimum atomic E-state index is -0.409. The van der Waals surface area contributed by atoms with Crippen molar-refractivity contribution in [3.05, 3.63) is 78.0 Å². The lowest BCUT2D eigenvalue weighted by Gasteiger charge is -2.14. The van der Waals surface area contributed by atoms with Crippen molar-refractivity contribution in [1.29, 1.82) is 0 Å². The van der Waals surface area contributed by atoms with Crippen LogP contribution in [0.25, 0.3) is 5.69 Å². The molecule has 1 aromatic heterocycles. The number of anilines is 1. The number of hydrogen-bond acceptors (Lipinski definition) is 4. The molecule has 3 aromatic rings. The first kappa shape index (κ1) is 22.3. The predicted octanol–water partition coefficient (Wildman–Crippen LogP) is 4.85. The van der Waals surface area contributed by atoms with Crippen LogP contribution >= 0.6 is 0 Å². The maximum absolute atomic E-state index is 12.6. The minimum Gasteiger partial charge on any atom is -0.455 e. The van der Waals surface area contributed by atoms with Crippen molar-refractivity contribution in [3.63, 3.8) is 0 Å². The zero-order valence-corrected chi connectivity index (χ0v) is 18.5. The van der Waals surface area contributed by atoms with Crippen LogP contribution in [0.4, 0.5) is 5.82 Å². The number of esters is 1.